The number of rotatable bonds is 9. The first-order chi connectivity index (χ1) is 21.2. The van der Waals surface area contributed by atoms with Crippen LogP contribution in [0, 0.1) is 11.8 Å². The van der Waals surface area contributed by atoms with E-state index in [9.17, 15) is 0 Å². The lowest BCUT2D eigenvalue weighted by molar-refractivity contribution is 0.737. The van der Waals surface area contributed by atoms with Crippen LogP contribution < -0.4 is 16.3 Å². The number of allylic oxidation sites excluding steroid dienone is 13. The highest BCUT2D eigenvalue weighted by Gasteiger charge is 2.16. The van der Waals surface area contributed by atoms with Gasteiger partial charge in [-0.3, -0.25) is 0 Å². The van der Waals surface area contributed by atoms with Gasteiger partial charge in [-0.15, -0.1) is 0 Å². The Morgan fingerprint density at radius 3 is 2.59 bits per heavy atom. The van der Waals surface area contributed by atoms with E-state index in [0.29, 0.717) is 11.8 Å². The number of fused-ring (bicyclic) bond motifs is 3. The topological polar surface area (TPSA) is 56.7 Å². The van der Waals surface area contributed by atoms with E-state index in [1.54, 1.807) is 0 Å². The van der Waals surface area contributed by atoms with Gasteiger partial charge in [-0.1, -0.05) is 120 Å². The van der Waals surface area contributed by atoms with Crippen molar-refractivity contribution in [2.45, 2.75) is 53.0 Å². The molecule has 0 fully saturated rings. The van der Waals surface area contributed by atoms with Crippen molar-refractivity contribution in [1.29, 1.82) is 0 Å². The zero-order valence-corrected chi connectivity index (χ0v) is 26.7. The summed E-state index contributed by atoms with van der Waals surface area (Å²) in [5.74, 6) is 1.90. The summed E-state index contributed by atoms with van der Waals surface area (Å²) >= 11 is 0. The van der Waals surface area contributed by atoms with Gasteiger partial charge in [0.1, 0.15) is 0 Å². The lowest BCUT2D eigenvalue weighted by Crippen LogP contribution is -2.37. The molecule has 4 heteroatoms. The molecule has 4 nitrogen and oxygen atoms in total. The van der Waals surface area contributed by atoms with Crippen LogP contribution in [0.5, 0.6) is 0 Å². The van der Waals surface area contributed by atoms with Crippen molar-refractivity contribution in [3.8, 4) is 0 Å². The first-order valence-electron chi connectivity index (χ1n) is 15.6. The zero-order chi connectivity index (χ0) is 31.4. The molecule has 2 heterocycles. The van der Waals surface area contributed by atoms with Crippen LogP contribution in [0.15, 0.2) is 110 Å². The SMILES string of the molecule is C=C/C(=C\C=C(/C)n1c2c(c3ccccc31)=CC(N)C(=C)C=2)c1cc(C(C)/C=C\C=C/C(C)C)nc(C2=CCC(C)C=C2)n1. The van der Waals surface area contributed by atoms with Crippen LogP contribution in [0.3, 0.4) is 0 Å². The Bertz CT molecular complexity index is 1900. The van der Waals surface area contributed by atoms with Crippen molar-refractivity contribution in [3.05, 3.63) is 138 Å². The van der Waals surface area contributed by atoms with Gasteiger partial charge in [0.25, 0.3) is 0 Å². The quantitative estimate of drug-likeness (QED) is 0.262. The Morgan fingerprint density at radius 1 is 1.09 bits per heavy atom. The van der Waals surface area contributed by atoms with Gasteiger partial charge in [0, 0.05) is 33.8 Å². The van der Waals surface area contributed by atoms with Crippen LogP contribution in [0.25, 0.3) is 39.9 Å². The van der Waals surface area contributed by atoms with Crippen LogP contribution in [0.2, 0.25) is 0 Å². The number of hydrogen-bond acceptors (Lipinski definition) is 3. The van der Waals surface area contributed by atoms with Gasteiger partial charge in [0.05, 0.1) is 22.3 Å². The molecule has 0 saturated heterocycles. The molecule has 3 atom stereocenters. The van der Waals surface area contributed by atoms with Gasteiger partial charge in [-0.25, -0.2) is 9.97 Å². The molecule has 3 unspecified atom stereocenters. The number of nitrogens with two attached hydrogens (primary N) is 1. The number of para-hydroxylation sites is 1. The minimum atomic E-state index is -0.180. The van der Waals surface area contributed by atoms with Gasteiger partial charge >= 0.3 is 0 Å². The monoisotopic (exact) mass is 580 g/mol. The lowest BCUT2D eigenvalue weighted by atomic mass is 9.97. The van der Waals surface area contributed by atoms with Crippen LogP contribution in [-0.2, 0) is 0 Å². The smallest absolute Gasteiger partial charge is 0.159 e. The van der Waals surface area contributed by atoms with Crippen molar-refractivity contribution in [2.24, 2.45) is 17.6 Å². The normalized spacial score (nSPS) is 19.8. The van der Waals surface area contributed by atoms with Gasteiger partial charge < -0.3 is 10.3 Å². The third-order valence-electron chi connectivity index (χ3n) is 8.21. The molecule has 5 rings (SSSR count). The average Bonchev–Trinajstić information content (AvgIpc) is 3.32. The van der Waals surface area contributed by atoms with E-state index in [0.717, 1.165) is 62.1 Å². The Kier molecular flexibility index (Phi) is 9.41. The summed E-state index contributed by atoms with van der Waals surface area (Å²) in [6, 6.07) is 10.4. The van der Waals surface area contributed by atoms with E-state index in [1.807, 2.05) is 6.08 Å². The first-order valence-corrected chi connectivity index (χ1v) is 15.6. The standard InChI is InChI=1S/C40H44N4/c1-8-31(22-19-30(7)44-38-16-12-11-15-33(38)34-24-35(41)29(6)23-39(34)44)37-25-36(28(5)14-10-9-13-26(2)3)42-40(43-37)32-20-17-27(4)18-21-32/h8-17,19-28,35H,1,6,18,41H2,2-5,7H3/b13-9-,14-10-,30-19+,31-22+. The molecule has 0 amide bonds. The fraction of sp³-hybridized carbons (Fsp3) is 0.250. The zero-order valence-electron chi connectivity index (χ0n) is 26.7. The molecule has 0 radical (unpaired) electrons. The Hall–Kier alpha value is -4.54. The molecule has 1 aromatic carbocycles. The average molecular weight is 581 g/mol. The van der Waals surface area contributed by atoms with E-state index in [-0.39, 0.29) is 12.0 Å². The van der Waals surface area contributed by atoms with E-state index in [4.69, 9.17) is 15.7 Å². The number of hydrogen-bond donors (Lipinski definition) is 1. The molecular weight excluding hydrogens is 536 g/mol. The molecule has 0 spiro atoms. The number of benzene rings is 1. The van der Waals surface area contributed by atoms with E-state index < -0.39 is 0 Å². The Balaban J connectivity index is 1.59. The van der Waals surface area contributed by atoms with Crippen LogP contribution in [-0.4, -0.2) is 20.6 Å². The van der Waals surface area contributed by atoms with Gasteiger partial charge in [-0.05, 0) is 60.6 Å². The van der Waals surface area contributed by atoms with Gasteiger partial charge in [0.2, 0.25) is 0 Å². The van der Waals surface area contributed by atoms with Crippen LogP contribution >= 0.6 is 0 Å². The molecular formula is C40H44N4. The molecule has 2 N–H and O–H groups in total. The second-order valence-corrected chi connectivity index (χ2v) is 12.2. The second kappa shape index (κ2) is 13.4. The number of nitrogens with zero attached hydrogens (tertiary/aromatic N) is 3. The molecule has 0 bridgehead atoms. The molecule has 2 aliphatic rings. The molecule has 0 aliphatic heterocycles. The fourth-order valence-corrected chi connectivity index (χ4v) is 5.57. The minimum Gasteiger partial charge on any atom is -0.321 e. The van der Waals surface area contributed by atoms with Crippen LogP contribution in [0.4, 0.5) is 0 Å². The summed E-state index contributed by atoms with van der Waals surface area (Å²) in [6.45, 7) is 19.2. The molecule has 2 aliphatic carbocycles. The van der Waals surface area contributed by atoms with E-state index in [2.05, 4.69) is 150 Å². The van der Waals surface area contributed by atoms with Crippen molar-refractivity contribution in [3.63, 3.8) is 0 Å². The third-order valence-corrected chi connectivity index (χ3v) is 8.21. The maximum absolute atomic E-state index is 6.34. The fourth-order valence-electron chi connectivity index (χ4n) is 5.57. The van der Waals surface area contributed by atoms with E-state index >= 15 is 0 Å². The first kappa shape index (κ1) is 30.9. The lowest BCUT2D eigenvalue weighted by Gasteiger charge is -2.15. The second-order valence-electron chi connectivity index (χ2n) is 12.2. The third kappa shape index (κ3) is 6.66. The summed E-state index contributed by atoms with van der Waals surface area (Å²) in [5, 5.41) is 3.43. The number of aromatic nitrogens is 3. The molecule has 224 valence electrons. The summed E-state index contributed by atoms with van der Waals surface area (Å²) < 4.78 is 2.28. The van der Waals surface area contributed by atoms with Gasteiger partial charge in [0.15, 0.2) is 5.82 Å². The van der Waals surface area contributed by atoms with Crippen molar-refractivity contribution < 1.29 is 0 Å². The van der Waals surface area contributed by atoms with E-state index in [1.165, 1.54) is 5.39 Å². The maximum atomic E-state index is 6.34. The predicted molar refractivity (Wildman–Crippen MR) is 190 cm³/mol. The maximum Gasteiger partial charge on any atom is 0.159 e. The van der Waals surface area contributed by atoms with Crippen LogP contribution in [0.1, 0.15) is 64.2 Å². The van der Waals surface area contributed by atoms with Crippen molar-refractivity contribution >= 4 is 39.9 Å². The highest BCUT2D eigenvalue weighted by Crippen LogP contribution is 2.27. The minimum absolute atomic E-state index is 0.117. The summed E-state index contributed by atoms with van der Waals surface area (Å²) in [5.41, 5.74) is 13.3. The highest BCUT2D eigenvalue weighted by atomic mass is 15.0. The molecule has 44 heavy (non-hydrogen) atoms. The van der Waals surface area contributed by atoms with Crippen molar-refractivity contribution in [1.82, 2.24) is 14.5 Å². The highest BCUT2D eigenvalue weighted by molar-refractivity contribution is 5.87. The summed E-state index contributed by atoms with van der Waals surface area (Å²) in [4.78, 5) is 10.1. The Morgan fingerprint density at radius 2 is 1.86 bits per heavy atom. The summed E-state index contributed by atoms with van der Waals surface area (Å²) in [6.07, 6.45) is 26.6. The predicted octanol–water partition coefficient (Wildman–Crippen LogP) is 7.87. The molecule has 3 aromatic rings. The molecule has 0 saturated carbocycles. The molecule has 2 aromatic heterocycles. The van der Waals surface area contributed by atoms with Crippen molar-refractivity contribution in [2.75, 3.05) is 0 Å². The summed E-state index contributed by atoms with van der Waals surface area (Å²) in [7, 11) is 0. The largest absolute Gasteiger partial charge is 0.321 e. The Labute approximate surface area is 262 Å². The van der Waals surface area contributed by atoms with Gasteiger partial charge in [-0.2, -0.15) is 0 Å².